The molecule has 28 heavy (non-hydrogen) atoms. The van der Waals surface area contributed by atoms with E-state index in [2.05, 4.69) is 0 Å². The molecule has 1 aliphatic heterocycles. The van der Waals surface area contributed by atoms with Gasteiger partial charge in [0, 0.05) is 11.6 Å². The number of benzene rings is 2. The Bertz CT molecular complexity index is 1140. The zero-order valence-corrected chi connectivity index (χ0v) is 17.8. The van der Waals surface area contributed by atoms with E-state index in [4.69, 9.17) is 39.8 Å². The van der Waals surface area contributed by atoms with Gasteiger partial charge in [0.15, 0.2) is 4.32 Å². The molecule has 1 amide bonds. The zero-order valence-electron chi connectivity index (χ0n) is 14.6. The van der Waals surface area contributed by atoms with Gasteiger partial charge in [-0.3, -0.25) is 9.69 Å². The van der Waals surface area contributed by atoms with E-state index in [1.54, 1.807) is 30.3 Å². The minimum atomic E-state index is -0.167. The smallest absolute Gasteiger partial charge is 0.270 e. The van der Waals surface area contributed by atoms with Crippen LogP contribution in [0.25, 0.3) is 17.4 Å². The number of halogens is 2. The molecule has 0 N–H and O–H groups in total. The number of amides is 1. The molecule has 2 aromatic carbocycles. The van der Waals surface area contributed by atoms with Crippen LogP contribution >= 0.6 is 47.2 Å². The molecule has 0 spiro atoms. The van der Waals surface area contributed by atoms with Crippen LogP contribution in [-0.2, 0) is 4.79 Å². The first kappa shape index (κ1) is 19.3. The lowest BCUT2D eigenvalue weighted by atomic mass is 10.2. The highest BCUT2D eigenvalue weighted by atomic mass is 35.5. The Morgan fingerprint density at radius 2 is 1.89 bits per heavy atom. The summed E-state index contributed by atoms with van der Waals surface area (Å²) in [6.45, 7) is 1.97. The van der Waals surface area contributed by atoms with Crippen molar-refractivity contribution in [2.45, 2.75) is 6.92 Å². The van der Waals surface area contributed by atoms with Crippen molar-refractivity contribution in [1.82, 2.24) is 0 Å². The Hall–Kier alpha value is -2.05. The van der Waals surface area contributed by atoms with Crippen molar-refractivity contribution >= 4 is 69.2 Å². The molecule has 2 heterocycles. The molecular formula is C21H13Cl2NO2S2. The predicted octanol–water partition coefficient (Wildman–Crippen LogP) is 6.97. The van der Waals surface area contributed by atoms with Crippen LogP contribution in [0, 0.1) is 6.92 Å². The molecule has 4 rings (SSSR count). The van der Waals surface area contributed by atoms with Crippen LogP contribution in [0.5, 0.6) is 0 Å². The van der Waals surface area contributed by atoms with Gasteiger partial charge in [-0.1, -0.05) is 65.4 Å². The minimum Gasteiger partial charge on any atom is -0.457 e. The lowest BCUT2D eigenvalue weighted by Crippen LogP contribution is -2.27. The summed E-state index contributed by atoms with van der Waals surface area (Å²) < 4.78 is 6.36. The highest BCUT2D eigenvalue weighted by molar-refractivity contribution is 8.27. The SMILES string of the molecule is Cc1cccc(N2C(=O)/C(=C/c3ccc(-c4cccc(Cl)c4Cl)o3)SC2=S)c1. The topological polar surface area (TPSA) is 33.5 Å². The number of furan rings is 1. The molecule has 1 aliphatic rings. The number of aryl methyl sites for hydroxylation is 1. The van der Waals surface area contributed by atoms with Crippen LogP contribution in [0.3, 0.4) is 0 Å². The van der Waals surface area contributed by atoms with Crippen LogP contribution in [0.4, 0.5) is 5.69 Å². The molecule has 7 heteroatoms. The maximum Gasteiger partial charge on any atom is 0.270 e. The Morgan fingerprint density at radius 1 is 1.11 bits per heavy atom. The molecular weight excluding hydrogens is 433 g/mol. The largest absolute Gasteiger partial charge is 0.457 e. The van der Waals surface area contributed by atoms with E-state index in [1.807, 2.05) is 37.3 Å². The van der Waals surface area contributed by atoms with E-state index in [1.165, 1.54) is 16.7 Å². The highest BCUT2D eigenvalue weighted by Crippen LogP contribution is 2.38. The van der Waals surface area contributed by atoms with Gasteiger partial charge in [0.25, 0.3) is 5.91 Å². The highest BCUT2D eigenvalue weighted by Gasteiger charge is 2.33. The number of carbonyl (C=O) groups is 1. The van der Waals surface area contributed by atoms with Crippen molar-refractivity contribution in [1.29, 1.82) is 0 Å². The third-order valence-corrected chi connectivity index (χ3v) is 6.29. The van der Waals surface area contributed by atoms with Gasteiger partial charge in [0.1, 0.15) is 11.5 Å². The maximum absolute atomic E-state index is 12.9. The normalized spacial score (nSPS) is 15.7. The van der Waals surface area contributed by atoms with Crippen molar-refractivity contribution in [3.05, 3.63) is 80.9 Å². The standard InChI is InChI=1S/C21H13Cl2NO2S2/c1-12-4-2-5-13(10-12)24-20(25)18(28-21(24)27)11-14-8-9-17(26-14)15-6-3-7-16(22)19(15)23/h2-11H,1H3/b18-11-. The van der Waals surface area contributed by atoms with Crippen molar-refractivity contribution in [2.75, 3.05) is 4.90 Å². The lowest BCUT2D eigenvalue weighted by Gasteiger charge is -2.14. The van der Waals surface area contributed by atoms with Crippen LogP contribution in [0.15, 0.2) is 63.9 Å². The van der Waals surface area contributed by atoms with Crippen molar-refractivity contribution in [3.8, 4) is 11.3 Å². The van der Waals surface area contributed by atoms with Gasteiger partial charge >= 0.3 is 0 Å². The molecule has 3 aromatic rings. The molecule has 0 aliphatic carbocycles. The van der Waals surface area contributed by atoms with Gasteiger partial charge in [0.2, 0.25) is 0 Å². The number of hydrogen-bond acceptors (Lipinski definition) is 4. The Labute approximate surface area is 181 Å². The summed E-state index contributed by atoms with van der Waals surface area (Å²) in [5.41, 5.74) is 2.52. The second kappa shape index (κ2) is 7.76. The molecule has 140 valence electrons. The number of anilines is 1. The number of thioether (sulfide) groups is 1. The fourth-order valence-corrected chi connectivity index (χ4v) is 4.53. The second-order valence-electron chi connectivity index (χ2n) is 6.16. The second-order valence-corrected chi connectivity index (χ2v) is 8.62. The summed E-state index contributed by atoms with van der Waals surface area (Å²) >= 11 is 19.0. The van der Waals surface area contributed by atoms with Crippen molar-refractivity contribution < 1.29 is 9.21 Å². The van der Waals surface area contributed by atoms with Gasteiger partial charge in [0.05, 0.1) is 20.6 Å². The number of nitrogens with zero attached hydrogens (tertiary/aromatic N) is 1. The van der Waals surface area contributed by atoms with Crippen LogP contribution in [0.1, 0.15) is 11.3 Å². The summed E-state index contributed by atoms with van der Waals surface area (Å²) in [6.07, 6.45) is 1.69. The fraction of sp³-hybridized carbons (Fsp3) is 0.0476. The quantitative estimate of drug-likeness (QED) is 0.321. The average molecular weight is 446 g/mol. The van der Waals surface area contributed by atoms with Crippen molar-refractivity contribution in [3.63, 3.8) is 0 Å². The van der Waals surface area contributed by atoms with Crippen LogP contribution < -0.4 is 4.90 Å². The maximum atomic E-state index is 12.9. The summed E-state index contributed by atoms with van der Waals surface area (Å²) in [5.74, 6) is 0.947. The number of hydrogen-bond donors (Lipinski definition) is 0. The average Bonchev–Trinajstić information content (AvgIpc) is 3.22. The van der Waals surface area contributed by atoms with E-state index < -0.39 is 0 Å². The van der Waals surface area contributed by atoms with E-state index in [9.17, 15) is 4.79 Å². The first-order valence-electron chi connectivity index (χ1n) is 8.33. The Morgan fingerprint density at radius 3 is 2.68 bits per heavy atom. The summed E-state index contributed by atoms with van der Waals surface area (Å²) in [4.78, 5) is 14.9. The molecule has 0 saturated carbocycles. The third-order valence-electron chi connectivity index (χ3n) is 4.17. The molecule has 0 unspecified atom stereocenters. The lowest BCUT2D eigenvalue weighted by molar-refractivity contribution is -0.113. The minimum absolute atomic E-state index is 0.167. The van der Waals surface area contributed by atoms with Crippen LogP contribution in [0.2, 0.25) is 10.0 Å². The van der Waals surface area contributed by atoms with Gasteiger partial charge < -0.3 is 4.42 Å². The van der Waals surface area contributed by atoms with E-state index in [0.717, 1.165) is 11.3 Å². The summed E-state index contributed by atoms with van der Waals surface area (Å²) in [7, 11) is 0. The Balaban J connectivity index is 1.64. The zero-order chi connectivity index (χ0) is 19.8. The molecule has 1 aromatic heterocycles. The monoisotopic (exact) mass is 445 g/mol. The summed E-state index contributed by atoms with van der Waals surface area (Å²) in [6, 6.07) is 16.6. The van der Waals surface area contributed by atoms with E-state index >= 15 is 0 Å². The fourth-order valence-electron chi connectivity index (χ4n) is 2.86. The molecule has 0 radical (unpaired) electrons. The third kappa shape index (κ3) is 3.63. The van der Waals surface area contributed by atoms with Gasteiger partial charge in [-0.05, 0) is 48.9 Å². The van der Waals surface area contributed by atoms with Crippen LogP contribution in [-0.4, -0.2) is 10.2 Å². The number of rotatable bonds is 3. The van der Waals surface area contributed by atoms with E-state index in [0.29, 0.717) is 36.4 Å². The van der Waals surface area contributed by atoms with Gasteiger partial charge in [-0.25, -0.2) is 0 Å². The molecule has 0 bridgehead atoms. The predicted molar refractivity (Wildman–Crippen MR) is 121 cm³/mol. The van der Waals surface area contributed by atoms with Gasteiger partial charge in [-0.2, -0.15) is 0 Å². The van der Waals surface area contributed by atoms with E-state index in [-0.39, 0.29) is 5.91 Å². The molecule has 0 atom stereocenters. The molecule has 1 saturated heterocycles. The molecule has 3 nitrogen and oxygen atoms in total. The first-order valence-corrected chi connectivity index (χ1v) is 10.3. The number of thiocarbonyl (C=S) groups is 1. The number of carbonyl (C=O) groups excluding carboxylic acids is 1. The first-order chi connectivity index (χ1) is 13.4. The Kier molecular flexibility index (Phi) is 5.34. The van der Waals surface area contributed by atoms with Gasteiger partial charge in [-0.15, -0.1) is 0 Å². The molecule has 1 fully saturated rings. The summed E-state index contributed by atoms with van der Waals surface area (Å²) in [5, 5.41) is 0.881. The van der Waals surface area contributed by atoms with Crippen molar-refractivity contribution in [2.24, 2.45) is 0 Å².